The van der Waals surface area contributed by atoms with Crippen LogP contribution in [0.15, 0.2) is 40.4 Å². The molecule has 0 amide bonds. The lowest BCUT2D eigenvalue weighted by Crippen LogP contribution is -1.95. The van der Waals surface area contributed by atoms with Gasteiger partial charge in [-0.3, -0.25) is 0 Å². The summed E-state index contributed by atoms with van der Waals surface area (Å²) in [5.74, 6) is 0. The van der Waals surface area contributed by atoms with E-state index in [1.165, 1.54) is 26.8 Å². The molecule has 1 aliphatic rings. The highest BCUT2D eigenvalue weighted by Gasteiger charge is 2.11. The lowest BCUT2D eigenvalue weighted by Gasteiger charge is -2.16. The molecule has 1 aromatic rings. The molecular weight excluding hydrogens is 248 g/mol. The molecule has 15 heavy (non-hydrogen) atoms. The summed E-state index contributed by atoms with van der Waals surface area (Å²) >= 11 is 3.61. The summed E-state index contributed by atoms with van der Waals surface area (Å²) in [6.07, 6.45) is 4.55. The number of allylic oxidation sites excluding steroid dienone is 4. The standard InChI is InChI=1S/C14H15Br/c1-10-6-8-12(9-7-10)13-4-3-5-14(15)11(13)2/h5-9H,3-4H2,1-2H3. The van der Waals surface area contributed by atoms with Crippen molar-refractivity contribution < 1.29 is 0 Å². The molecule has 0 bridgehead atoms. The molecule has 0 spiro atoms. The molecule has 0 radical (unpaired) electrons. The Morgan fingerprint density at radius 3 is 2.40 bits per heavy atom. The van der Waals surface area contributed by atoms with E-state index in [4.69, 9.17) is 0 Å². The highest BCUT2D eigenvalue weighted by atomic mass is 79.9. The predicted octanol–water partition coefficient (Wildman–Crippen LogP) is 4.84. The zero-order valence-electron chi connectivity index (χ0n) is 9.18. The van der Waals surface area contributed by atoms with Crippen LogP contribution in [0.1, 0.15) is 30.9 Å². The Labute approximate surface area is 99.8 Å². The highest BCUT2D eigenvalue weighted by Crippen LogP contribution is 2.34. The quantitative estimate of drug-likeness (QED) is 0.680. The number of hydrogen-bond acceptors (Lipinski definition) is 0. The smallest absolute Gasteiger partial charge is 0.0167 e. The van der Waals surface area contributed by atoms with Crippen LogP contribution in [0.3, 0.4) is 0 Å². The van der Waals surface area contributed by atoms with E-state index in [9.17, 15) is 0 Å². The summed E-state index contributed by atoms with van der Waals surface area (Å²) in [4.78, 5) is 0. The van der Waals surface area contributed by atoms with Gasteiger partial charge in [0.15, 0.2) is 0 Å². The van der Waals surface area contributed by atoms with E-state index in [0.717, 1.165) is 12.8 Å². The molecule has 0 saturated carbocycles. The van der Waals surface area contributed by atoms with Gasteiger partial charge in [0, 0.05) is 4.48 Å². The Morgan fingerprint density at radius 1 is 1.07 bits per heavy atom. The molecule has 0 nitrogen and oxygen atoms in total. The van der Waals surface area contributed by atoms with E-state index in [1.807, 2.05) is 0 Å². The van der Waals surface area contributed by atoms with Crippen LogP contribution in [0, 0.1) is 6.92 Å². The molecule has 2 rings (SSSR count). The van der Waals surface area contributed by atoms with Crippen molar-refractivity contribution in [2.45, 2.75) is 26.7 Å². The third kappa shape index (κ3) is 2.23. The van der Waals surface area contributed by atoms with Gasteiger partial charge in [-0.1, -0.05) is 51.8 Å². The van der Waals surface area contributed by atoms with Gasteiger partial charge in [-0.15, -0.1) is 0 Å². The fraction of sp³-hybridized carbons (Fsp3) is 0.286. The predicted molar refractivity (Wildman–Crippen MR) is 70.0 cm³/mol. The molecule has 1 aromatic carbocycles. The van der Waals surface area contributed by atoms with Gasteiger partial charge in [0.05, 0.1) is 0 Å². The lowest BCUT2D eigenvalue weighted by molar-refractivity contribution is 1.03. The summed E-state index contributed by atoms with van der Waals surface area (Å²) < 4.78 is 1.25. The maximum Gasteiger partial charge on any atom is 0.0167 e. The Kier molecular flexibility index (Phi) is 3.11. The van der Waals surface area contributed by atoms with Crippen LogP contribution in [0.4, 0.5) is 0 Å². The van der Waals surface area contributed by atoms with Gasteiger partial charge in [-0.2, -0.15) is 0 Å². The van der Waals surface area contributed by atoms with E-state index in [-0.39, 0.29) is 0 Å². The zero-order valence-corrected chi connectivity index (χ0v) is 10.8. The van der Waals surface area contributed by atoms with Crippen LogP contribution >= 0.6 is 15.9 Å². The van der Waals surface area contributed by atoms with Gasteiger partial charge in [0.25, 0.3) is 0 Å². The second kappa shape index (κ2) is 4.36. The van der Waals surface area contributed by atoms with Crippen molar-refractivity contribution in [3.8, 4) is 0 Å². The maximum absolute atomic E-state index is 3.61. The average Bonchev–Trinajstić information content (AvgIpc) is 2.24. The third-order valence-electron chi connectivity index (χ3n) is 2.93. The maximum atomic E-state index is 3.61. The summed E-state index contributed by atoms with van der Waals surface area (Å²) in [6.45, 7) is 4.32. The van der Waals surface area contributed by atoms with E-state index in [1.54, 1.807) is 0 Å². The van der Waals surface area contributed by atoms with Crippen LogP contribution in [0.2, 0.25) is 0 Å². The monoisotopic (exact) mass is 262 g/mol. The van der Waals surface area contributed by atoms with Crippen LogP contribution < -0.4 is 0 Å². The number of halogens is 1. The second-order valence-electron chi connectivity index (χ2n) is 4.06. The van der Waals surface area contributed by atoms with Crippen molar-refractivity contribution in [3.63, 3.8) is 0 Å². The van der Waals surface area contributed by atoms with Crippen molar-refractivity contribution in [2.75, 3.05) is 0 Å². The Hall–Kier alpha value is -0.820. The van der Waals surface area contributed by atoms with Crippen molar-refractivity contribution in [1.82, 2.24) is 0 Å². The summed E-state index contributed by atoms with van der Waals surface area (Å²) in [5.41, 5.74) is 5.54. The molecule has 1 aliphatic carbocycles. The number of hydrogen-bond donors (Lipinski definition) is 0. The second-order valence-corrected chi connectivity index (χ2v) is 4.91. The van der Waals surface area contributed by atoms with Gasteiger partial charge in [0.2, 0.25) is 0 Å². The summed E-state index contributed by atoms with van der Waals surface area (Å²) in [6, 6.07) is 8.81. The van der Waals surface area contributed by atoms with Crippen LogP contribution in [0.5, 0.6) is 0 Å². The molecule has 0 N–H and O–H groups in total. The first-order valence-corrected chi connectivity index (χ1v) is 6.10. The summed E-state index contributed by atoms with van der Waals surface area (Å²) in [5, 5.41) is 0. The SMILES string of the molecule is CC1=C(c2ccc(C)cc2)CCC=C1Br. The van der Waals surface area contributed by atoms with Crippen LogP contribution in [0.25, 0.3) is 5.57 Å². The summed E-state index contributed by atoms with van der Waals surface area (Å²) in [7, 11) is 0. The van der Waals surface area contributed by atoms with Crippen LogP contribution in [-0.2, 0) is 0 Å². The topological polar surface area (TPSA) is 0 Å². The van der Waals surface area contributed by atoms with E-state index < -0.39 is 0 Å². The largest absolute Gasteiger partial charge is 0.0697 e. The number of aryl methyl sites for hydroxylation is 1. The molecule has 0 aromatic heterocycles. The first-order chi connectivity index (χ1) is 7.18. The normalized spacial score (nSPS) is 16.6. The van der Waals surface area contributed by atoms with Crippen molar-refractivity contribution in [2.24, 2.45) is 0 Å². The molecule has 0 unspecified atom stereocenters. The van der Waals surface area contributed by atoms with Gasteiger partial charge < -0.3 is 0 Å². The number of rotatable bonds is 1. The van der Waals surface area contributed by atoms with E-state index >= 15 is 0 Å². The Bertz CT molecular complexity index is 421. The molecule has 0 atom stereocenters. The first kappa shape index (κ1) is 10.7. The minimum Gasteiger partial charge on any atom is -0.0697 e. The highest BCUT2D eigenvalue weighted by molar-refractivity contribution is 9.12. The van der Waals surface area contributed by atoms with Crippen molar-refractivity contribution in [1.29, 1.82) is 0 Å². The molecule has 78 valence electrons. The Balaban J connectivity index is 2.42. The van der Waals surface area contributed by atoms with Crippen molar-refractivity contribution in [3.05, 3.63) is 51.5 Å². The first-order valence-electron chi connectivity index (χ1n) is 5.31. The third-order valence-corrected chi connectivity index (χ3v) is 3.85. The van der Waals surface area contributed by atoms with Gasteiger partial charge in [-0.25, -0.2) is 0 Å². The van der Waals surface area contributed by atoms with Crippen molar-refractivity contribution >= 4 is 21.5 Å². The van der Waals surface area contributed by atoms with E-state index in [2.05, 4.69) is 60.1 Å². The van der Waals surface area contributed by atoms with Crippen LogP contribution in [-0.4, -0.2) is 0 Å². The molecule has 0 heterocycles. The minimum absolute atomic E-state index is 1.14. The molecule has 0 saturated heterocycles. The molecule has 0 fully saturated rings. The van der Waals surface area contributed by atoms with Gasteiger partial charge >= 0.3 is 0 Å². The van der Waals surface area contributed by atoms with Gasteiger partial charge in [-0.05, 0) is 43.4 Å². The van der Waals surface area contributed by atoms with Gasteiger partial charge in [0.1, 0.15) is 0 Å². The zero-order chi connectivity index (χ0) is 10.8. The average molecular weight is 263 g/mol. The van der Waals surface area contributed by atoms with E-state index in [0.29, 0.717) is 0 Å². The molecular formula is C14H15Br. The fourth-order valence-corrected chi connectivity index (χ4v) is 2.41. The fourth-order valence-electron chi connectivity index (χ4n) is 1.94. The molecule has 0 aliphatic heterocycles. The molecule has 1 heteroatoms. The lowest BCUT2D eigenvalue weighted by atomic mass is 9.92. The Morgan fingerprint density at radius 2 is 1.73 bits per heavy atom. The number of benzene rings is 1. The minimum atomic E-state index is 1.14.